The van der Waals surface area contributed by atoms with Crippen LogP contribution in [0, 0.1) is 0 Å². The second kappa shape index (κ2) is 9.49. The Labute approximate surface area is 177 Å². The van der Waals surface area contributed by atoms with Crippen molar-refractivity contribution >= 4 is 51.9 Å². The van der Waals surface area contributed by atoms with Gasteiger partial charge in [0.05, 0.1) is 11.3 Å². The van der Waals surface area contributed by atoms with Crippen LogP contribution in [-0.2, 0) is 10.5 Å². The fraction of sp³-hybridized carbons (Fsp3) is 0.333. The van der Waals surface area contributed by atoms with Crippen LogP contribution in [0.25, 0.3) is 10.9 Å². The summed E-state index contributed by atoms with van der Waals surface area (Å²) >= 11 is 9.01. The Bertz CT molecular complexity index is 976. The summed E-state index contributed by atoms with van der Waals surface area (Å²) in [5.41, 5.74) is 1.91. The van der Waals surface area contributed by atoms with Gasteiger partial charge in [0.2, 0.25) is 16.2 Å². The van der Waals surface area contributed by atoms with E-state index in [9.17, 15) is 4.79 Å². The molecule has 0 fully saturated rings. The van der Waals surface area contributed by atoms with E-state index in [1.54, 1.807) is 11.1 Å². The SMILES string of the molecule is CCN(CC)C(=O)CSc1nnc(SCc2ccc(Cl)c3cccnc23)n1N. The molecule has 0 unspecified atom stereocenters. The van der Waals surface area contributed by atoms with Crippen LogP contribution in [0.2, 0.25) is 5.02 Å². The van der Waals surface area contributed by atoms with Gasteiger partial charge in [-0.25, -0.2) is 4.68 Å². The Hall–Kier alpha value is -1.97. The van der Waals surface area contributed by atoms with Crippen LogP contribution in [0.3, 0.4) is 0 Å². The first-order valence-electron chi connectivity index (χ1n) is 8.81. The molecule has 10 heteroatoms. The highest BCUT2D eigenvalue weighted by molar-refractivity contribution is 8.00. The lowest BCUT2D eigenvalue weighted by Crippen LogP contribution is -2.32. The number of nitrogens with two attached hydrogens (primary N) is 1. The maximum absolute atomic E-state index is 12.1. The van der Waals surface area contributed by atoms with Crippen LogP contribution < -0.4 is 5.84 Å². The number of thioether (sulfide) groups is 2. The zero-order valence-corrected chi connectivity index (χ0v) is 18.0. The quantitative estimate of drug-likeness (QED) is 0.427. The Morgan fingerprint density at radius 3 is 2.61 bits per heavy atom. The third-order valence-corrected chi connectivity index (χ3v) is 6.48. The van der Waals surface area contributed by atoms with Crippen molar-refractivity contribution in [2.45, 2.75) is 29.9 Å². The van der Waals surface area contributed by atoms with Gasteiger partial charge in [0, 0.05) is 35.4 Å². The first-order chi connectivity index (χ1) is 13.5. The molecule has 3 aromatic rings. The molecule has 1 aromatic carbocycles. The summed E-state index contributed by atoms with van der Waals surface area (Å²) in [6, 6.07) is 7.64. The van der Waals surface area contributed by atoms with Crippen LogP contribution in [0.1, 0.15) is 19.4 Å². The third-order valence-electron chi connectivity index (χ3n) is 4.23. The van der Waals surface area contributed by atoms with Crippen molar-refractivity contribution in [3.05, 3.63) is 41.0 Å². The highest BCUT2D eigenvalue weighted by atomic mass is 35.5. The van der Waals surface area contributed by atoms with Crippen LogP contribution in [0.4, 0.5) is 0 Å². The lowest BCUT2D eigenvalue weighted by Gasteiger charge is -2.17. The standard InChI is InChI=1S/C18H21ClN6OS2/c1-3-24(4-2)15(26)11-28-18-23-22-17(25(18)20)27-10-12-7-8-14(19)13-6-5-9-21-16(12)13/h5-9H,3-4,10-11,20H2,1-2H3. The Morgan fingerprint density at radius 1 is 1.18 bits per heavy atom. The molecule has 3 rings (SSSR count). The van der Waals surface area contributed by atoms with Crippen molar-refractivity contribution in [2.24, 2.45) is 0 Å². The van der Waals surface area contributed by atoms with Crippen LogP contribution in [0.5, 0.6) is 0 Å². The molecule has 2 aromatic heterocycles. The van der Waals surface area contributed by atoms with E-state index >= 15 is 0 Å². The minimum absolute atomic E-state index is 0.0610. The van der Waals surface area contributed by atoms with Crippen LogP contribution in [-0.4, -0.2) is 49.5 Å². The van der Waals surface area contributed by atoms with Gasteiger partial charge in [-0.2, -0.15) is 0 Å². The summed E-state index contributed by atoms with van der Waals surface area (Å²) in [5.74, 6) is 7.09. The van der Waals surface area contributed by atoms with Crippen molar-refractivity contribution in [2.75, 3.05) is 24.7 Å². The molecule has 28 heavy (non-hydrogen) atoms. The van der Waals surface area contributed by atoms with Gasteiger partial charge in [-0.05, 0) is 37.6 Å². The normalized spacial score (nSPS) is 11.1. The number of fused-ring (bicyclic) bond motifs is 1. The molecular weight excluding hydrogens is 416 g/mol. The topological polar surface area (TPSA) is 89.9 Å². The molecule has 0 bridgehead atoms. The zero-order chi connectivity index (χ0) is 20.1. The second-order valence-corrected chi connectivity index (χ2v) is 8.18. The number of rotatable bonds is 8. The number of nitrogen functional groups attached to an aromatic ring is 1. The molecule has 0 spiro atoms. The summed E-state index contributed by atoms with van der Waals surface area (Å²) in [6.07, 6.45) is 1.75. The van der Waals surface area contributed by atoms with Gasteiger partial charge < -0.3 is 10.7 Å². The number of aromatic nitrogens is 4. The summed E-state index contributed by atoms with van der Waals surface area (Å²) in [4.78, 5) is 18.4. The highest BCUT2D eigenvalue weighted by Crippen LogP contribution is 2.30. The number of carbonyl (C=O) groups is 1. The van der Waals surface area contributed by atoms with Crippen molar-refractivity contribution in [1.29, 1.82) is 0 Å². The number of nitrogens with zero attached hydrogens (tertiary/aromatic N) is 5. The number of hydrogen-bond donors (Lipinski definition) is 1. The maximum Gasteiger partial charge on any atom is 0.233 e. The minimum Gasteiger partial charge on any atom is -0.343 e. The Balaban J connectivity index is 1.67. The lowest BCUT2D eigenvalue weighted by atomic mass is 10.1. The summed E-state index contributed by atoms with van der Waals surface area (Å²) in [7, 11) is 0. The van der Waals surface area contributed by atoms with Gasteiger partial charge in [-0.1, -0.05) is 41.2 Å². The minimum atomic E-state index is 0.0610. The average molecular weight is 437 g/mol. The molecule has 0 atom stereocenters. The third kappa shape index (κ3) is 4.53. The number of carbonyl (C=O) groups excluding carboxylic acids is 1. The van der Waals surface area contributed by atoms with E-state index in [1.807, 2.05) is 38.1 Å². The molecule has 0 saturated carbocycles. The Kier molecular flexibility index (Phi) is 7.03. The molecule has 1 amide bonds. The van der Waals surface area contributed by atoms with E-state index in [0.717, 1.165) is 16.5 Å². The largest absolute Gasteiger partial charge is 0.343 e. The molecule has 2 heterocycles. The number of benzene rings is 1. The average Bonchev–Trinajstić information content (AvgIpc) is 3.06. The van der Waals surface area contributed by atoms with Gasteiger partial charge in [-0.15, -0.1) is 10.2 Å². The van der Waals surface area contributed by atoms with Crippen molar-refractivity contribution < 1.29 is 4.79 Å². The van der Waals surface area contributed by atoms with Gasteiger partial charge in [0.15, 0.2) is 0 Å². The maximum atomic E-state index is 12.1. The van der Waals surface area contributed by atoms with E-state index in [4.69, 9.17) is 17.4 Å². The van der Waals surface area contributed by atoms with Crippen molar-refractivity contribution in [3.8, 4) is 0 Å². The van der Waals surface area contributed by atoms with Crippen molar-refractivity contribution in [3.63, 3.8) is 0 Å². The lowest BCUT2D eigenvalue weighted by molar-refractivity contribution is -0.127. The highest BCUT2D eigenvalue weighted by Gasteiger charge is 2.16. The summed E-state index contributed by atoms with van der Waals surface area (Å²) in [6.45, 7) is 5.30. The van der Waals surface area contributed by atoms with E-state index in [-0.39, 0.29) is 11.7 Å². The molecule has 0 saturated heterocycles. The van der Waals surface area contributed by atoms with E-state index in [0.29, 0.717) is 34.2 Å². The molecule has 2 N–H and O–H groups in total. The van der Waals surface area contributed by atoms with E-state index < -0.39 is 0 Å². The number of pyridine rings is 1. The van der Waals surface area contributed by atoms with Gasteiger partial charge in [-0.3, -0.25) is 9.78 Å². The smallest absolute Gasteiger partial charge is 0.233 e. The Morgan fingerprint density at radius 2 is 1.89 bits per heavy atom. The zero-order valence-electron chi connectivity index (χ0n) is 15.6. The molecule has 0 radical (unpaired) electrons. The molecular formula is C18H21ClN6OS2. The van der Waals surface area contributed by atoms with Gasteiger partial charge in [0.1, 0.15) is 0 Å². The summed E-state index contributed by atoms with van der Waals surface area (Å²) < 4.78 is 1.43. The summed E-state index contributed by atoms with van der Waals surface area (Å²) in [5, 5.41) is 11.0. The van der Waals surface area contributed by atoms with E-state index in [1.165, 1.54) is 28.2 Å². The van der Waals surface area contributed by atoms with Gasteiger partial charge >= 0.3 is 0 Å². The number of halogens is 1. The molecule has 148 valence electrons. The fourth-order valence-corrected chi connectivity index (χ4v) is 4.58. The first-order valence-corrected chi connectivity index (χ1v) is 11.2. The van der Waals surface area contributed by atoms with Crippen molar-refractivity contribution in [1.82, 2.24) is 24.8 Å². The monoisotopic (exact) mass is 436 g/mol. The molecule has 0 aliphatic rings. The molecule has 7 nitrogen and oxygen atoms in total. The number of hydrogen-bond acceptors (Lipinski definition) is 7. The first kappa shape index (κ1) is 20.8. The van der Waals surface area contributed by atoms with Crippen LogP contribution in [0.15, 0.2) is 40.8 Å². The molecule has 0 aliphatic heterocycles. The van der Waals surface area contributed by atoms with Gasteiger partial charge in [0.25, 0.3) is 0 Å². The molecule has 0 aliphatic carbocycles. The van der Waals surface area contributed by atoms with E-state index in [2.05, 4.69) is 15.2 Å². The fourth-order valence-electron chi connectivity index (χ4n) is 2.71. The van der Waals surface area contributed by atoms with Crippen LogP contribution >= 0.6 is 35.1 Å². The predicted molar refractivity (Wildman–Crippen MR) is 115 cm³/mol. The second-order valence-electron chi connectivity index (χ2n) is 5.88. The number of amides is 1. The predicted octanol–water partition coefficient (Wildman–Crippen LogP) is 3.45.